The molecule has 2 heterocycles. The molecule has 0 amide bonds. The fourth-order valence-corrected chi connectivity index (χ4v) is 1.82. The van der Waals surface area contributed by atoms with Crippen molar-refractivity contribution in [1.29, 1.82) is 0 Å². The molecule has 4 heteroatoms. The predicted molar refractivity (Wildman–Crippen MR) is 62.8 cm³/mol. The monoisotopic (exact) mass is 220 g/mol. The van der Waals surface area contributed by atoms with Crippen molar-refractivity contribution in [2.75, 3.05) is 18.2 Å². The van der Waals surface area contributed by atoms with Crippen molar-refractivity contribution in [3.8, 4) is 0 Å². The maximum Gasteiger partial charge on any atom is 0.124 e. The fraction of sp³-hybridized carbons (Fsp3) is 0.583. The summed E-state index contributed by atoms with van der Waals surface area (Å²) in [4.78, 5) is 4.00. The van der Waals surface area contributed by atoms with Crippen LogP contribution in [0.1, 0.15) is 26.2 Å². The summed E-state index contributed by atoms with van der Waals surface area (Å²) in [6.07, 6.45) is 8.29. The average Bonchev–Trinajstić information content (AvgIpc) is 2.38. The van der Waals surface area contributed by atoms with Gasteiger partial charge in [-0.15, -0.1) is 0 Å². The Hall–Kier alpha value is -1.13. The van der Waals surface area contributed by atoms with Crippen molar-refractivity contribution in [1.82, 2.24) is 10.4 Å². The number of anilines is 1. The molecule has 1 unspecified atom stereocenters. The zero-order chi connectivity index (χ0) is 11.2. The predicted octanol–water partition coefficient (Wildman–Crippen LogP) is 1.74. The first-order chi connectivity index (χ1) is 7.90. The van der Waals surface area contributed by atoms with Crippen LogP contribution in [0.15, 0.2) is 18.3 Å². The molecule has 87 valence electrons. The van der Waals surface area contributed by atoms with Gasteiger partial charge in [-0.05, 0) is 38.3 Å². The van der Waals surface area contributed by atoms with Crippen molar-refractivity contribution in [2.24, 2.45) is 0 Å². The van der Waals surface area contributed by atoms with E-state index in [0.717, 1.165) is 25.3 Å². The van der Waals surface area contributed by atoms with Crippen LogP contribution in [-0.4, -0.2) is 24.4 Å². The van der Waals surface area contributed by atoms with Gasteiger partial charge in [0, 0.05) is 19.3 Å². The molecule has 1 atom stereocenters. The molecular weight excluding hydrogens is 202 g/mol. The van der Waals surface area contributed by atoms with E-state index in [1.807, 2.05) is 17.1 Å². The molecule has 0 aromatic carbocycles. The van der Waals surface area contributed by atoms with Crippen LogP contribution in [0.5, 0.6) is 0 Å². The van der Waals surface area contributed by atoms with Gasteiger partial charge in [0.15, 0.2) is 0 Å². The van der Waals surface area contributed by atoms with Gasteiger partial charge < -0.3 is 9.75 Å². The van der Waals surface area contributed by atoms with Gasteiger partial charge in [0.1, 0.15) is 12.4 Å². The molecule has 1 saturated heterocycles. The van der Waals surface area contributed by atoms with Crippen LogP contribution in [0.2, 0.25) is 0 Å². The summed E-state index contributed by atoms with van der Waals surface area (Å²) in [6, 6.07) is 3.91. The van der Waals surface area contributed by atoms with Crippen LogP contribution >= 0.6 is 0 Å². The van der Waals surface area contributed by atoms with Crippen LogP contribution in [0, 0.1) is 6.20 Å². The smallest absolute Gasteiger partial charge is 0.124 e. The molecule has 1 fully saturated rings. The van der Waals surface area contributed by atoms with E-state index < -0.39 is 0 Å². The third-order valence-electron chi connectivity index (χ3n) is 2.68. The number of rotatable bonds is 4. The standard InChI is InChI=1S/C12H18N3O/c1-2-15(11-6-5-8-13-10-11)14-12-7-3-4-9-16-12/h5-6,8,12,14H,2-4,7,9H2,1H3. The Morgan fingerprint density at radius 3 is 3.19 bits per heavy atom. The molecule has 1 N–H and O–H groups in total. The van der Waals surface area contributed by atoms with E-state index in [0.29, 0.717) is 0 Å². The molecule has 1 aromatic heterocycles. The van der Waals surface area contributed by atoms with Crippen molar-refractivity contribution in [2.45, 2.75) is 32.4 Å². The molecule has 1 aliphatic heterocycles. The zero-order valence-electron chi connectivity index (χ0n) is 9.65. The van der Waals surface area contributed by atoms with Gasteiger partial charge in [-0.2, -0.15) is 0 Å². The second kappa shape index (κ2) is 5.82. The highest BCUT2D eigenvalue weighted by Crippen LogP contribution is 2.14. The summed E-state index contributed by atoms with van der Waals surface area (Å²) in [5.74, 6) is 0. The third-order valence-corrected chi connectivity index (χ3v) is 2.68. The van der Waals surface area contributed by atoms with E-state index in [2.05, 4.69) is 23.5 Å². The van der Waals surface area contributed by atoms with E-state index in [4.69, 9.17) is 4.74 Å². The molecule has 0 spiro atoms. The summed E-state index contributed by atoms with van der Waals surface area (Å²) in [7, 11) is 0. The van der Waals surface area contributed by atoms with Crippen molar-refractivity contribution in [3.05, 3.63) is 24.5 Å². The minimum absolute atomic E-state index is 0.127. The average molecular weight is 220 g/mol. The Kier molecular flexibility index (Phi) is 4.13. The van der Waals surface area contributed by atoms with Gasteiger partial charge in [-0.25, -0.2) is 5.43 Å². The first kappa shape index (κ1) is 11.4. The quantitative estimate of drug-likeness (QED) is 0.784. The molecule has 0 aliphatic carbocycles. The third kappa shape index (κ3) is 2.93. The Morgan fingerprint density at radius 2 is 2.56 bits per heavy atom. The van der Waals surface area contributed by atoms with E-state index >= 15 is 0 Å². The number of hydrogen-bond acceptors (Lipinski definition) is 4. The fourth-order valence-electron chi connectivity index (χ4n) is 1.82. The van der Waals surface area contributed by atoms with Crippen molar-refractivity contribution in [3.63, 3.8) is 0 Å². The largest absolute Gasteiger partial charge is 0.362 e. The molecule has 1 aliphatic rings. The van der Waals surface area contributed by atoms with Crippen LogP contribution < -0.4 is 10.4 Å². The van der Waals surface area contributed by atoms with Crippen LogP contribution in [0.4, 0.5) is 5.69 Å². The van der Waals surface area contributed by atoms with Gasteiger partial charge in [0.05, 0.1) is 5.69 Å². The second-order valence-corrected chi connectivity index (χ2v) is 3.86. The summed E-state index contributed by atoms with van der Waals surface area (Å²) >= 11 is 0. The highest BCUT2D eigenvalue weighted by atomic mass is 16.5. The number of nitrogens with one attached hydrogen (secondary N) is 1. The van der Waals surface area contributed by atoms with Crippen LogP contribution in [0.3, 0.4) is 0 Å². The first-order valence-corrected chi connectivity index (χ1v) is 5.88. The minimum atomic E-state index is 0.127. The molecule has 1 radical (unpaired) electrons. The summed E-state index contributed by atoms with van der Waals surface area (Å²) in [5.41, 5.74) is 4.32. The van der Waals surface area contributed by atoms with E-state index in [-0.39, 0.29) is 6.23 Å². The maximum atomic E-state index is 5.64. The van der Waals surface area contributed by atoms with Crippen LogP contribution in [-0.2, 0) is 4.74 Å². The number of hydrogen-bond donors (Lipinski definition) is 1. The summed E-state index contributed by atoms with van der Waals surface area (Å²) < 4.78 is 5.64. The Morgan fingerprint density at radius 1 is 1.62 bits per heavy atom. The summed E-state index contributed by atoms with van der Waals surface area (Å²) in [5, 5.41) is 2.03. The lowest BCUT2D eigenvalue weighted by Crippen LogP contribution is -2.47. The summed E-state index contributed by atoms with van der Waals surface area (Å²) in [6.45, 7) is 3.81. The lowest BCUT2D eigenvalue weighted by molar-refractivity contribution is -0.00695. The second-order valence-electron chi connectivity index (χ2n) is 3.86. The SMILES string of the molecule is CCN(NC1CCCCO1)c1[c]nccc1. The van der Waals surface area contributed by atoms with E-state index in [1.165, 1.54) is 12.8 Å². The highest BCUT2D eigenvalue weighted by molar-refractivity contribution is 5.40. The molecule has 2 rings (SSSR count). The molecule has 0 saturated carbocycles. The lowest BCUT2D eigenvalue weighted by atomic mass is 10.2. The zero-order valence-corrected chi connectivity index (χ0v) is 9.65. The molecule has 16 heavy (non-hydrogen) atoms. The molecular formula is C12H18N3O. The van der Waals surface area contributed by atoms with Gasteiger partial charge in [-0.3, -0.25) is 4.98 Å². The maximum absolute atomic E-state index is 5.64. The Balaban J connectivity index is 1.94. The number of nitrogens with zero attached hydrogens (tertiary/aromatic N) is 2. The Labute approximate surface area is 96.6 Å². The molecule has 0 bridgehead atoms. The topological polar surface area (TPSA) is 37.4 Å². The van der Waals surface area contributed by atoms with Gasteiger partial charge >= 0.3 is 0 Å². The first-order valence-electron chi connectivity index (χ1n) is 5.88. The normalized spacial score (nSPS) is 20.7. The molecule has 4 nitrogen and oxygen atoms in total. The number of hydrazine groups is 1. The van der Waals surface area contributed by atoms with Crippen molar-refractivity contribution < 1.29 is 4.74 Å². The van der Waals surface area contributed by atoms with Crippen molar-refractivity contribution >= 4 is 5.69 Å². The van der Waals surface area contributed by atoms with Gasteiger partial charge in [0.2, 0.25) is 0 Å². The number of aromatic nitrogens is 1. The van der Waals surface area contributed by atoms with Crippen LogP contribution in [0.25, 0.3) is 0 Å². The van der Waals surface area contributed by atoms with E-state index in [9.17, 15) is 0 Å². The number of pyridine rings is 1. The number of ether oxygens (including phenoxy) is 1. The highest BCUT2D eigenvalue weighted by Gasteiger charge is 2.16. The Bertz CT molecular complexity index is 298. The lowest BCUT2D eigenvalue weighted by Gasteiger charge is -2.31. The molecule has 1 aromatic rings. The van der Waals surface area contributed by atoms with Gasteiger partial charge in [-0.1, -0.05) is 0 Å². The van der Waals surface area contributed by atoms with E-state index in [1.54, 1.807) is 6.20 Å². The van der Waals surface area contributed by atoms with Gasteiger partial charge in [0.25, 0.3) is 0 Å². The minimum Gasteiger partial charge on any atom is -0.362 e.